The van der Waals surface area contributed by atoms with Crippen molar-refractivity contribution in [2.45, 2.75) is 13.0 Å². The van der Waals surface area contributed by atoms with Gasteiger partial charge in [0.1, 0.15) is 15.7 Å². The number of aromatic nitrogens is 2. The summed E-state index contributed by atoms with van der Waals surface area (Å²) in [6, 6.07) is 15.6. The van der Waals surface area contributed by atoms with Crippen LogP contribution in [0.5, 0.6) is 11.5 Å². The summed E-state index contributed by atoms with van der Waals surface area (Å²) in [5.41, 5.74) is 2.64. The van der Waals surface area contributed by atoms with Crippen LogP contribution in [-0.4, -0.2) is 43.7 Å². The molecule has 1 N–H and O–H groups in total. The Labute approximate surface area is 196 Å². The third kappa shape index (κ3) is 4.70. The molecule has 4 aromatic rings. The molecule has 0 saturated carbocycles. The Hall–Kier alpha value is -3.59. The average molecular weight is 485 g/mol. The number of aromatic amines is 1. The van der Waals surface area contributed by atoms with Gasteiger partial charge in [0.2, 0.25) is 0 Å². The number of para-hydroxylation sites is 1. The highest BCUT2D eigenvalue weighted by Gasteiger charge is 2.25. The van der Waals surface area contributed by atoms with Crippen molar-refractivity contribution in [2.24, 2.45) is 0 Å². The second-order valence-electron chi connectivity index (χ2n) is 7.96. The molecule has 7 nitrogen and oxygen atoms in total. The predicted molar refractivity (Wildman–Crippen MR) is 130 cm³/mol. The highest BCUT2D eigenvalue weighted by molar-refractivity contribution is 7.90. The zero-order valence-electron chi connectivity index (χ0n) is 19.0. The summed E-state index contributed by atoms with van der Waals surface area (Å²) < 4.78 is 50.7. The van der Waals surface area contributed by atoms with Gasteiger partial charge in [-0.05, 0) is 48.4 Å². The van der Waals surface area contributed by atoms with Gasteiger partial charge in [0.25, 0.3) is 0 Å². The van der Waals surface area contributed by atoms with Crippen molar-refractivity contribution in [2.75, 3.05) is 25.7 Å². The van der Waals surface area contributed by atoms with Crippen LogP contribution in [0, 0.1) is 5.82 Å². The highest BCUT2D eigenvalue weighted by Crippen LogP contribution is 2.34. The van der Waals surface area contributed by atoms with E-state index in [0.717, 1.165) is 11.8 Å². The maximum atomic E-state index is 13.4. The fraction of sp³-hybridized carbons (Fsp3) is 0.240. The van der Waals surface area contributed by atoms with E-state index in [1.165, 1.54) is 23.8 Å². The van der Waals surface area contributed by atoms with Crippen molar-refractivity contribution in [3.63, 3.8) is 0 Å². The standard InChI is InChI=1S/C25H25FN2O5S/c1-4-33-23-14-17(10-13-22(23)32-2)21(15-34(3,30)31)28-20-7-5-6-19(24(20)27-25(28)29)16-8-11-18(26)12-9-16/h5-14,21H,4,15H2,1-3H3,(H,27,29)/t21-/m0/s1. The predicted octanol–water partition coefficient (Wildman–Crippen LogP) is 4.18. The fourth-order valence-electron chi connectivity index (χ4n) is 4.10. The van der Waals surface area contributed by atoms with E-state index in [9.17, 15) is 17.6 Å². The highest BCUT2D eigenvalue weighted by atomic mass is 32.2. The van der Waals surface area contributed by atoms with Crippen LogP contribution in [0.15, 0.2) is 65.5 Å². The molecule has 178 valence electrons. The molecule has 0 radical (unpaired) electrons. The van der Waals surface area contributed by atoms with Crippen LogP contribution >= 0.6 is 0 Å². The summed E-state index contributed by atoms with van der Waals surface area (Å²) in [5, 5.41) is 0. The number of nitrogens with one attached hydrogen (secondary N) is 1. The Kier molecular flexibility index (Phi) is 6.47. The maximum absolute atomic E-state index is 13.4. The van der Waals surface area contributed by atoms with Crippen LogP contribution in [0.2, 0.25) is 0 Å². The van der Waals surface area contributed by atoms with Crippen LogP contribution in [0.4, 0.5) is 4.39 Å². The van der Waals surface area contributed by atoms with E-state index in [0.29, 0.717) is 40.3 Å². The molecule has 0 aliphatic heterocycles. The number of rotatable bonds is 8. The number of benzene rings is 3. The van der Waals surface area contributed by atoms with Crippen LogP contribution in [-0.2, 0) is 9.84 Å². The Balaban J connectivity index is 1.94. The molecule has 1 heterocycles. The molecule has 0 aliphatic rings. The minimum Gasteiger partial charge on any atom is -0.493 e. The first kappa shape index (κ1) is 23.6. The lowest BCUT2D eigenvalue weighted by atomic mass is 10.0. The summed E-state index contributed by atoms with van der Waals surface area (Å²) in [6.45, 7) is 2.23. The molecule has 0 aliphatic carbocycles. The van der Waals surface area contributed by atoms with Crippen LogP contribution in [0.25, 0.3) is 22.2 Å². The van der Waals surface area contributed by atoms with Crippen LogP contribution in [0.3, 0.4) is 0 Å². The number of fused-ring (bicyclic) bond motifs is 1. The van der Waals surface area contributed by atoms with Gasteiger partial charge < -0.3 is 14.5 Å². The SMILES string of the molecule is CCOc1cc([C@H](CS(C)(=O)=O)n2c(=O)[nH]c3c(-c4ccc(F)cc4)cccc32)ccc1OC. The largest absolute Gasteiger partial charge is 0.493 e. The van der Waals surface area contributed by atoms with Gasteiger partial charge in [0.05, 0.1) is 36.5 Å². The van der Waals surface area contributed by atoms with E-state index in [4.69, 9.17) is 9.47 Å². The normalized spacial score (nSPS) is 12.6. The molecular formula is C25H25FN2O5S. The minimum absolute atomic E-state index is 0.293. The lowest BCUT2D eigenvalue weighted by molar-refractivity contribution is 0.310. The van der Waals surface area contributed by atoms with Crippen LogP contribution < -0.4 is 15.2 Å². The van der Waals surface area contributed by atoms with Crippen molar-refractivity contribution in [1.82, 2.24) is 9.55 Å². The van der Waals surface area contributed by atoms with E-state index >= 15 is 0 Å². The smallest absolute Gasteiger partial charge is 0.327 e. The molecule has 0 amide bonds. The minimum atomic E-state index is -3.48. The van der Waals surface area contributed by atoms with Crippen molar-refractivity contribution in [3.05, 3.63) is 82.5 Å². The Bertz CT molecular complexity index is 1490. The van der Waals surface area contributed by atoms with E-state index in [1.54, 1.807) is 42.5 Å². The lowest BCUT2D eigenvalue weighted by Crippen LogP contribution is -2.28. The molecule has 0 bridgehead atoms. The average Bonchev–Trinajstić information content (AvgIpc) is 3.13. The molecule has 0 saturated heterocycles. The Morgan fingerprint density at radius 2 is 1.79 bits per heavy atom. The fourth-order valence-corrected chi connectivity index (χ4v) is 5.02. The number of halogens is 1. The van der Waals surface area contributed by atoms with E-state index in [2.05, 4.69) is 4.98 Å². The molecule has 1 atom stereocenters. The van der Waals surface area contributed by atoms with Gasteiger partial charge in [-0.3, -0.25) is 4.57 Å². The maximum Gasteiger partial charge on any atom is 0.327 e. The van der Waals surface area contributed by atoms with Gasteiger partial charge in [-0.15, -0.1) is 0 Å². The van der Waals surface area contributed by atoms with E-state index in [1.807, 2.05) is 13.0 Å². The molecule has 1 aromatic heterocycles. The lowest BCUT2D eigenvalue weighted by Gasteiger charge is -2.20. The first-order valence-electron chi connectivity index (χ1n) is 10.7. The van der Waals surface area contributed by atoms with E-state index < -0.39 is 21.6 Å². The summed E-state index contributed by atoms with van der Waals surface area (Å²) in [7, 11) is -1.96. The van der Waals surface area contributed by atoms with Gasteiger partial charge in [-0.1, -0.05) is 30.3 Å². The van der Waals surface area contributed by atoms with Gasteiger partial charge in [-0.2, -0.15) is 0 Å². The number of hydrogen-bond acceptors (Lipinski definition) is 5. The monoisotopic (exact) mass is 484 g/mol. The van der Waals surface area contributed by atoms with Crippen molar-refractivity contribution < 1.29 is 22.3 Å². The quantitative estimate of drug-likeness (QED) is 0.405. The summed E-state index contributed by atoms with van der Waals surface area (Å²) >= 11 is 0. The number of imidazole rings is 1. The Morgan fingerprint density at radius 1 is 1.06 bits per heavy atom. The molecule has 0 spiro atoms. The third-order valence-corrected chi connectivity index (χ3v) is 6.47. The number of nitrogens with zero attached hydrogens (tertiary/aromatic N) is 1. The molecule has 0 fully saturated rings. The van der Waals surface area contributed by atoms with Gasteiger partial charge in [-0.25, -0.2) is 17.6 Å². The number of sulfone groups is 1. The number of hydrogen-bond donors (Lipinski definition) is 1. The number of methoxy groups -OCH3 is 1. The number of H-pyrrole nitrogens is 1. The molecular weight excluding hydrogens is 459 g/mol. The molecule has 34 heavy (non-hydrogen) atoms. The van der Waals surface area contributed by atoms with Crippen molar-refractivity contribution in [1.29, 1.82) is 0 Å². The Morgan fingerprint density at radius 3 is 2.44 bits per heavy atom. The first-order valence-corrected chi connectivity index (χ1v) is 12.8. The summed E-state index contributed by atoms with van der Waals surface area (Å²) in [6.07, 6.45) is 1.14. The zero-order valence-corrected chi connectivity index (χ0v) is 19.9. The molecule has 4 rings (SSSR count). The van der Waals surface area contributed by atoms with E-state index in [-0.39, 0.29) is 11.6 Å². The molecule has 0 unspecified atom stereocenters. The zero-order chi connectivity index (χ0) is 24.5. The summed E-state index contributed by atoms with van der Waals surface area (Å²) in [4.78, 5) is 16.1. The third-order valence-electron chi connectivity index (χ3n) is 5.55. The van der Waals surface area contributed by atoms with Gasteiger partial charge >= 0.3 is 5.69 Å². The molecule has 9 heteroatoms. The second kappa shape index (κ2) is 9.34. The van der Waals surface area contributed by atoms with Gasteiger partial charge in [0, 0.05) is 11.8 Å². The van der Waals surface area contributed by atoms with Crippen molar-refractivity contribution >= 4 is 20.9 Å². The summed E-state index contributed by atoms with van der Waals surface area (Å²) in [5.74, 6) is 0.313. The number of ether oxygens (including phenoxy) is 2. The van der Waals surface area contributed by atoms with Crippen molar-refractivity contribution in [3.8, 4) is 22.6 Å². The first-order chi connectivity index (χ1) is 16.2. The second-order valence-corrected chi connectivity index (χ2v) is 10.1. The van der Waals surface area contributed by atoms with Crippen LogP contribution in [0.1, 0.15) is 18.5 Å². The van der Waals surface area contributed by atoms with Gasteiger partial charge in [0.15, 0.2) is 11.5 Å². The molecule has 3 aromatic carbocycles. The topological polar surface area (TPSA) is 90.4 Å².